The van der Waals surface area contributed by atoms with E-state index in [4.69, 9.17) is 4.74 Å². The summed E-state index contributed by atoms with van der Waals surface area (Å²) in [6.07, 6.45) is 1.29. The Hall–Kier alpha value is -2.93. The smallest absolute Gasteiger partial charge is 0.338 e. The molecule has 2 rings (SSSR count). The van der Waals surface area contributed by atoms with Gasteiger partial charge in [0.1, 0.15) is 0 Å². The second-order valence-corrected chi connectivity index (χ2v) is 6.13. The summed E-state index contributed by atoms with van der Waals surface area (Å²) in [5, 5.41) is 7.51. The average Bonchev–Trinajstić information content (AvgIpc) is 3.16. The lowest BCUT2D eigenvalue weighted by molar-refractivity contribution is -0.131. The minimum absolute atomic E-state index is 0.288. The van der Waals surface area contributed by atoms with Crippen molar-refractivity contribution in [2.75, 3.05) is 18.5 Å². The first kappa shape index (κ1) is 19.4. The van der Waals surface area contributed by atoms with E-state index < -0.39 is 17.7 Å². The highest BCUT2D eigenvalue weighted by atomic mass is 32.1. The minimum Gasteiger partial charge on any atom is -0.462 e. The molecule has 1 amide bonds. The molecule has 0 spiro atoms. The third kappa shape index (κ3) is 5.29. The minimum atomic E-state index is -0.749. The van der Waals surface area contributed by atoms with Crippen molar-refractivity contribution in [2.24, 2.45) is 0 Å². The Morgan fingerprint density at radius 1 is 1.12 bits per heavy atom. The van der Waals surface area contributed by atoms with Crippen LogP contribution < -0.4 is 10.6 Å². The number of carbonyl (C=O) groups is 3. The number of rotatable bonds is 8. The summed E-state index contributed by atoms with van der Waals surface area (Å²) in [6.45, 7) is 4.56. The molecule has 1 heterocycles. The molecule has 2 aromatic rings. The highest BCUT2D eigenvalue weighted by molar-refractivity contribution is 7.11. The predicted octanol–water partition coefficient (Wildman–Crippen LogP) is 3.08. The topological polar surface area (TPSA) is 84.5 Å². The zero-order chi connectivity index (χ0) is 18.9. The van der Waals surface area contributed by atoms with Crippen LogP contribution in [0, 0.1) is 0 Å². The van der Waals surface area contributed by atoms with Gasteiger partial charge in [0.05, 0.1) is 22.7 Å². The van der Waals surface area contributed by atoms with Gasteiger partial charge < -0.3 is 15.4 Å². The summed E-state index contributed by atoms with van der Waals surface area (Å²) in [4.78, 5) is 36.8. The number of hydrogen-bond acceptors (Lipinski definition) is 6. The second-order valence-electron chi connectivity index (χ2n) is 5.18. The van der Waals surface area contributed by atoms with Gasteiger partial charge in [-0.25, -0.2) is 4.79 Å². The van der Waals surface area contributed by atoms with Gasteiger partial charge in [-0.1, -0.05) is 6.07 Å². The Labute approximate surface area is 155 Å². The number of anilines is 1. The van der Waals surface area contributed by atoms with Crippen LogP contribution in [0.3, 0.4) is 0 Å². The molecule has 0 unspecified atom stereocenters. The third-order valence-electron chi connectivity index (χ3n) is 3.31. The SMILES string of the molecule is CCNC(=CC(=O)C(=O)Nc1ccc(C(=O)OCC)cc1)c1cccs1. The highest BCUT2D eigenvalue weighted by Gasteiger charge is 2.14. The number of amides is 1. The molecular formula is C19H20N2O4S. The van der Waals surface area contributed by atoms with Crippen LogP contribution in [0.4, 0.5) is 5.69 Å². The van der Waals surface area contributed by atoms with Crippen LogP contribution in [-0.4, -0.2) is 30.8 Å². The molecular weight excluding hydrogens is 352 g/mol. The van der Waals surface area contributed by atoms with Crippen LogP contribution in [0.1, 0.15) is 29.1 Å². The van der Waals surface area contributed by atoms with Crippen molar-refractivity contribution in [3.8, 4) is 0 Å². The van der Waals surface area contributed by atoms with E-state index in [2.05, 4.69) is 10.6 Å². The monoisotopic (exact) mass is 372 g/mol. The molecule has 0 bridgehead atoms. The molecule has 6 nitrogen and oxygen atoms in total. The Kier molecular flexibility index (Phi) is 7.11. The van der Waals surface area contributed by atoms with Gasteiger partial charge in [0.25, 0.3) is 5.91 Å². The summed E-state index contributed by atoms with van der Waals surface area (Å²) < 4.78 is 4.90. The number of ketones is 1. The fourth-order valence-electron chi connectivity index (χ4n) is 2.12. The summed E-state index contributed by atoms with van der Waals surface area (Å²) in [7, 11) is 0. The van der Waals surface area contributed by atoms with E-state index in [1.807, 2.05) is 24.4 Å². The number of carbonyl (C=O) groups excluding carboxylic acids is 3. The molecule has 1 aromatic heterocycles. The highest BCUT2D eigenvalue weighted by Crippen LogP contribution is 2.18. The molecule has 0 aliphatic heterocycles. The lowest BCUT2D eigenvalue weighted by Gasteiger charge is -2.07. The quantitative estimate of drug-likeness (QED) is 0.423. The lowest BCUT2D eigenvalue weighted by atomic mass is 10.2. The molecule has 0 aliphatic carbocycles. The number of benzene rings is 1. The van der Waals surface area contributed by atoms with Crippen LogP contribution >= 0.6 is 11.3 Å². The number of nitrogens with one attached hydrogen (secondary N) is 2. The number of esters is 1. The van der Waals surface area contributed by atoms with Gasteiger partial charge in [0.2, 0.25) is 5.78 Å². The van der Waals surface area contributed by atoms with Gasteiger partial charge in [0.15, 0.2) is 0 Å². The lowest BCUT2D eigenvalue weighted by Crippen LogP contribution is -2.22. The maximum Gasteiger partial charge on any atom is 0.338 e. The van der Waals surface area contributed by atoms with Gasteiger partial charge in [-0.05, 0) is 49.6 Å². The molecule has 0 radical (unpaired) electrons. The molecule has 0 saturated carbocycles. The van der Waals surface area contributed by atoms with Crippen LogP contribution in [0.5, 0.6) is 0 Å². The molecule has 2 N–H and O–H groups in total. The van der Waals surface area contributed by atoms with Crippen molar-refractivity contribution in [3.63, 3.8) is 0 Å². The van der Waals surface area contributed by atoms with Crippen LogP contribution in [0.25, 0.3) is 5.70 Å². The van der Waals surface area contributed by atoms with E-state index in [1.54, 1.807) is 19.1 Å². The van der Waals surface area contributed by atoms with Crippen molar-refractivity contribution in [1.29, 1.82) is 0 Å². The summed E-state index contributed by atoms with van der Waals surface area (Å²) in [5.41, 5.74) is 1.41. The first-order chi connectivity index (χ1) is 12.5. The zero-order valence-electron chi connectivity index (χ0n) is 14.6. The molecule has 7 heteroatoms. The third-order valence-corrected chi connectivity index (χ3v) is 4.21. The second kappa shape index (κ2) is 9.53. The number of hydrogen-bond donors (Lipinski definition) is 2. The standard InChI is InChI=1S/C19H20N2O4S/c1-3-20-15(17-6-5-11-26-17)12-16(22)18(23)21-14-9-7-13(8-10-14)19(24)25-4-2/h5-12,20H,3-4H2,1-2H3,(H,21,23). The van der Waals surface area contributed by atoms with Gasteiger partial charge in [0, 0.05) is 18.3 Å². The molecule has 136 valence electrons. The van der Waals surface area contributed by atoms with Crippen LogP contribution in [0.2, 0.25) is 0 Å². The summed E-state index contributed by atoms with van der Waals surface area (Å²) >= 11 is 1.48. The maximum absolute atomic E-state index is 12.2. The Balaban J connectivity index is 2.05. The first-order valence-electron chi connectivity index (χ1n) is 8.17. The fourth-order valence-corrected chi connectivity index (χ4v) is 2.84. The van der Waals surface area contributed by atoms with Crippen LogP contribution in [-0.2, 0) is 14.3 Å². The number of thiophene rings is 1. The first-order valence-corrected chi connectivity index (χ1v) is 9.05. The normalized spacial score (nSPS) is 10.9. The molecule has 0 saturated heterocycles. The van der Waals surface area contributed by atoms with Gasteiger partial charge in [-0.2, -0.15) is 0 Å². The Bertz CT molecular complexity index is 795. The van der Waals surface area contributed by atoms with E-state index >= 15 is 0 Å². The summed E-state index contributed by atoms with van der Waals surface area (Å²) in [5.74, 6) is -1.85. The molecule has 26 heavy (non-hydrogen) atoms. The van der Waals surface area contributed by atoms with Gasteiger partial charge in [-0.15, -0.1) is 11.3 Å². The molecule has 0 atom stereocenters. The largest absolute Gasteiger partial charge is 0.462 e. The van der Waals surface area contributed by atoms with Crippen molar-refractivity contribution in [1.82, 2.24) is 5.32 Å². The van der Waals surface area contributed by atoms with Crippen molar-refractivity contribution in [2.45, 2.75) is 13.8 Å². The molecule has 1 aromatic carbocycles. The molecule has 0 aliphatic rings. The predicted molar refractivity (Wildman–Crippen MR) is 102 cm³/mol. The Morgan fingerprint density at radius 3 is 2.42 bits per heavy atom. The number of ether oxygens (including phenoxy) is 1. The van der Waals surface area contributed by atoms with Gasteiger partial charge >= 0.3 is 5.97 Å². The van der Waals surface area contributed by atoms with E-state index in [9.17, 15) is 14.4 Å². The van der Waals surface area contributed by atoms with E-state index in [0.29, 0.717) is 23.5 Å². The fraction of sp³-hybridized carbons (Fsp3) is 0.211. The van der Waals surface area contributed by atoms with E-state index in [1.165, 1.54) is 29.5 Å². The van der Waals surface area contributed by atoms with Crippen LogP contribution in [0.15, 0.2) is 47.9 Å². The zero-order valence-corrected chi connectivity index (χ0v) is 15.4. The van der Waals surface area contributed by atoms with Crippen molar-refractivity contribution >= 4 is 40.4 Å². The van der Waals surface area contributed by atoms with Crippen molar-refractivity contribution in [3.05, 3.63) is 58.3 Å². The summed E-state index contributed by atoms with van der Waals surface area (Å²) in [6, 6.07) is 9.91. The average molecular weight is 372 g/mol. The maximum atomic E-state index is 12.2. The Morgan fingerprint density at radius 2 is 1.85 bits per heavy atom. The van der Waals surface area contributed by atoms with Crippen molar-refractivity contribution < 1.29 is 19.1 Å². The molecule has 0 fully saturated rings. The van der Waals surface area contributed by atoms with E-state index in [-0.39, 0.29) is 6.61 Å². The van der Waals surface area contributed by atoms with E-state index in [0.717, 1.165) is 4.88 Å². The van der Waals surface area contributed by atoms with Gasteiger partial charge in [-0.3, -0.25) is 9.59 Å².